The first-order chi connectivity index (χ1) is 8.43. The Morgan fingerprint density at radius 3 is 2.67 bits per heavy atom. The third kappa shape index (κ3) is 4.40. The molecule has 0 aromatic carbocycles. The number of likely N-dealkylation sites (N-methyl/N-ethyl adjacent to an activating group) is 1. The summed E-state index contributed by atoms with van der Waals surface area (Å²) in [6, 6.07) is 0.304. The van der Waals surface area contributed by atoms with Crippen LogP contribution in [-0.4, -0.2) is 71.9 Å². The summed E-state index contributed by atoms with van der Waals surface area (Å²) < 4.78 is 0. The Balaban J connectivity index is 2.61. The van der Waals surface area contributed by atoms with E-state index in [9.17, 15) is 9.90 Å². The maximum Gasteiger partial charge on any atom is 0.331 e. The number of hydrogen-bond acceptors (Lipinski definition) is 4. The van der Waals surface area contributed by atoms with Gasteiger partial charge in [0.15, 0.2) is 0 Å². The highest BCUT2D eigenvalue weighted by Gasteiger charge is 2.30. The van der Waals surface area contributed by atoms with Crippen LogP contribution in [0.5, 0.6) is 0 Å². The topological polar surface area (TPSA) is 64.0 Å². The first-order valence-corrected chi connectivity index (χ1v) is 6.43. The molecule has 18 heavy (non-hydrogen) atoms. The van der Waals surface area contributed by atoms with E-state index in [0.29, 0.717) is 31.1 Å². The lowest BCUT2D eigenvalue weighted by Crippen LogP contribution is -2.37. The Morgan fingerprint density at radius 1 is 1.50 bits per heavy atom. The van der Waals surface area contributed by atoms with Gasteiger partial charge in [-0.05, 0) is 26.9 Å². The van der Waals surface area contributed by atoms with E-state index in [2.05, 4.69) is 9.80 Å². The molecular weight excluding hydrogens is 232 g/mol. The van der Waals surface area contributed by atoms with Gasteiger partial charge in [-0.15, -0.1) is 0 Å². The largest absolute Gasteiger partial charge is 0.478 e. The molecule has 2 atom stereocenters. The van der Waals surface area contributed by atoms with Gasteiger partial charge in [0.05, 0.1) is 6.10 Å². The van der Waals surface area contributed by atoms with Crippen molar-refractivity contribution in [2.45, 2.75) is 31.9 Å². The number of aliphatic hydroxyl groups excluding tert-OH is 1. The molecule has 0 amide bonds. The number of hydrogen-bond donors (Lipinski definition) is 2. The van der Waals surface area contributed by atoms with Crippen LogP contribution in [0, 0.1) is 0 Å². The van der Waals surface area contributed by atoms with Crippen LogP contribution in [0.4, 0.5) is 0 Å². The second kappa shape index (κ2) is 6.87. The maximum atomic E-state index is 10.9. The van der Waals surface area contributed by atoms with E-state index < -0.39 is 5.97 Å². The van der Waals surface area contributed by atoms with Crippen molar-refractivity contribution in [2.24, 2.45) is 0 Å². The molecule has 5 heteroatoms. The smallest absolute Gasteiger partial charge is 0.331 e. The first-order valence-electron chi connectivity index (χ1n) is 6.43. The van der Waals surface area contributed by atoms with Gasteiger partial charge in [0.1, 0.15) is 0 Å². The molecule has 1 heterocycles. The zero-order valence-electron chi connectivity index (χ0n) is 11.5. The Labute approximate surface area is 109 Å². The minimum atomic E-state index is -0.846. The molecule has 0 saturated carbocycles. The van der Waals surface area contributed by atoms with Crippen LogP contribution in [0.25, 0.3) is 0 Å². The van der Waals surface area contributed by atoms with Crippen molar-refractivity contribution in [3.63, 3.8) is 0 Å². The molecular formula is C13H24N2O3. The van der Waals surface area contributed by atoms with Gasteiger partial charge in [0.2, 0.25) is 0 Å². The third-order valence-electron chi connectivity index (χ3n) is 3.31. The van der Waals surface area contributed by atoms with Gasteiger partial charge >= 0.3 is 5.97 Å². The van der Waals surface area contributed by atoms with Crippen LogP contribution in [-0.2, 0) is 4.79 Å². The van der Waals surface area contributed by atoms with Crippen LogP contribution >= 0.6 is 0 Å². The molecule has 0 spiro atoms. The van der Waals surface area contributed by atoms with E-state index >= 15 is 0 Å². The molecule has 1 fully saturated rings. The van der Waals surface area contributed by atoms with E-state index in [0.717, 1.165) is 13.0 Å². The molecule has 1 aliphatic heterocycles. The van der Waals surface area contributed by atoms with Gasteiger partial charge in [-0.1, -0.05) is 13.0 Å². The fourth-order valence-electron chi connectivity index (χ4n) is 2.40. The predicted octanol–water partition coefficient (Wildman–Crippen LogP) is 0.404. The van der Waals surface area contributed by atoms with Crippen LogP contribution < -0.4 is 0 Å². The van der Waals surface area contributed by atoms with Crippen LogP contribution in [0.15, 0.2) is 11.6 Å². The molecule has 104 valence electrons. The van der Waals surface area contributed by atoms with Crippen molar-refractivity contribution in [1.82, 2.24) is 9.80 Å². The minimum absolute atomic E-state index is 0.293. The summed E-state index contributed by atoms with van der Waals surface area (Å²) in [6.07, 6.45) is 2.77. The Morgan fingerprint density at radius 2 is 2.17 bits per heavy atom. The summed E-state index contributed by atoms with van der Waals surface area (Å²) in [7, 11) is 4.01. The van der Waals surface area contributed by atoms with Crippen molar-refractivity contribution < 1.29 is 15.0 Å². The van der Waals surface area contributed by atoms with Crippen LogP contribution in [0.2, 0.25) is 0 Å². The fourth-order valence-corrected chi connectivity index (χ4v) is 2.40. The van der Waals surface area contributed by atoms with Gasteiger partial charge in [0.25, 0.3) is 0 Å². The number of carbonyl (C=O) groups is 1. The summed E-state index contributed by atoms with van der Waals surface area (Å²) in [5.74, 6) is -0.846. The molecule has 0 radical (unpaired) electrons. The molecule has 1 aliphatic rings. The van der Waals surface area contributed by atoms with E-state index in [-0.39, 0.29) is 6.10 Å². The number of rotatable bonds is 6. The second-order valence-corrected chi connectivity index (χ2v) is 5.15. The van der Waals surface area contributed by atoms with E-state index in [1.807, 2.05) is 21.0 Å². The van der Waals surface area contributed by atoms with Gasteiger partial charge in [-0.3, -0.25) is 4.90 Å². The molecule has 0 aromatic rings. The Hall–Kier alpha value is -0.910. The van der Waals surface area contributed by atoms with E-state index in [1.165, 1.54) is 0 Å². The lowest BCUT2D eigenvalue weighted by molar-refractivity contribution is -0.132. The summed E-state index contributed by atoms with van der Waals surface area (Å²) in [5.41, 5.74) is 0.444. The maximum absolute atomic E-state index is 10.9. The van der Waals surface area contributed by atoms with Crippen molar-refractivity contribution in [1.29, 1.82) is 0 Å². The molecule has 0 aliphatic carbocycles. The lowest BCUT2D eigenvalue weighted by Gasteiger charge is -2.25. The average Bonchev–Trinajstić information content (AvgIpc) is 2.58. The van der Waals surface area contributed by atoms with Crippen molar-refractivity contribution in [3.8, 4) is 0 Å². The molecule has 0 aromatic heterocycles. The van der Waals surface area contributed by atoms with Gasteiger partial charge < -0.3 is 15.1 Å². The normalized spacial score (nSPS) is 25.9. The zero-order valence-corrected chi connectivity index (χ0v) is 11.5. The summed E-state index contributed by atoms with van der Waals surface area (Å²) in [5, 5.41) is 18.7. The van der Waals surface area contributed by atoms with Crippen molar-refractivity contribution in [2.75, 3.05) is 33.7 Å². The number of carboxylic acid groups (broad SMARTS) is 1. The lowest BCUT2D eigenvalue weighted by atomic mass is 10.1. The third-order valence-corrected chi connectivity index (χ3v) is 3.31. The number of aliphatic carboxylic acids is 1. The van der Waals surface area contributed by atoms with Gasteiger partial charge in [0, 0.05) is 31.2 Å². The quantitative estimate of drug-likeness (QED) is 0.674. The summed E-state index contributed by atoms with van der Waals surface area (Å²) in [4.78, 5) is 15.2. The standard InChI is InChI=1S/C13H24N2O3/c1-4-10(13(17)18)5-6-15-9-12(16)7-11(15)8-14(2)3/h5,11-12,16H,4,6-9H2,1-3H3,(H,17,18). The summed E-state index contributed by atoms with van der Waals surface area (Å²) in [6.45, 7) is 3.96. The Kier molecular flexibility index (Phi) is 5.78. The van der Waals surface area contributed by atoms with Gasteiger partial charge in [-0.2, -0.15) is 0 Å². The van der Waals surface area contributed by atoms with Crippen molar-refractivity contribution >= 4 is 5.97 Å². The van der Waals surface area contributed by atoms with Crippen molar-refractivity contribution in [3.05, 3.63) is 11.6 Å². The number of aliphatic hydroxyl groups is 1. The molecule has 2 N–H and O–H groups in total. The molecule has 1 saturated heterocycles. The number of likely N-dealkylation sites (tertiary alicyclic amines) is 1. The fraction of sp³-hybridized carbons (Fsp3) is 0.769. The number of carboxylic acids is 1. The number of β-amino-alcohol motifs (C(OH)–C–C–N with tert-alkyl or cyclic N) is 1. The van der Waals surface area contributed by atoms with E-state index in [1.54, 1.807) is 6.08 Å². The average molecular weight is 256 g/mol. The SMILES string of the molecule is CCC(=CCN1CC(O)CC1CN(C)C)C(=O)O. The zero-order chi connectivity index (χ0) is 13.7. The monoisotopic (exact) mass is 256 g/mol. The molecule has 0 bridgehead atoms. The highest BCUT2D eigenvalue weighted by molar-refractivity contribution is 5.86. The highest BCUT2D eigenvalue weighted by Crippen LogP contribution is 2.18. The minimum Gasteiger partial charge on any atom is -0.478 e. The highest BCUT2D eigenvalue weighted by atomic mass is 16.4. The van der Waals surface area contributed by atoms with Gasteiger partial charge in [-0.25, -0.2) is 4.79 Å². The molecule has 2 unspecified atom stereocenters. The second-order valence-electron chi connectivity index (χ2n) is 5.15. The van der Waals surface area contributed by atoms with Crippen LogP contribution in [0.1, 0.15) is 19.8 Å². The van der Waals surface area contributed by atoms with Crippen LogP contribution in [0.3, 0.4) is 0 Å². The molecule has 5 nitrogen and oxygen atoms in total. The predicted molar refractivity (Wildman–Crippen MR) is 70.5 cm³/mol. The molecule has 1 rings (SSSR count). The first kappa shape index (κ1) is 15.1. The number of nitrogens with zero attached hydrogens (tertiary/aromatic N) is 2. The van der Waals surface area contributed by atoms with E-state index in [4.69, 9.17) is 5.11 Å². The summed E-state index contributed by atoms with van der Waals surface area (Å²) >= 11 is 0. The Bertz CT molecular complexity index is 315.